The normalized spacial score (nSPS) is 28.4. The van der Waals surface area contributed by atoms with Gasteiger partial charge in [-0.1, -0.05) is 19.3 Å². The van der Waals surface area contributed by atoms with Crippen molar-refractivity contribution >= 4 is 11.8 Å². The molecule has 3 N–H and O–H groups in total. The predicted molar refractivity (Wildman–Crippen MR) is 60.4 cm³/mol. The zero-order valence-corrected chi connectivity index (χ0v) is 9.79. The van der Waals surface area contributed by atoms with E-state index in [1.54, 1.807) is 6.92 Å². The van der Waals surface area contributed by atoms with E-state index in [0.717, 1.165) is 6.42 Å². The van der Waals surface area contributed by atoms with Crippen molar-refractivity contribution in [1.82, 2.24) is 5.32 Å². The van der Waals surface area contributed by atoms with Gasteiger partial charge in [0.2, 0.25) is 11.8 Å². The smallest absolute Gasteiger partial charge is 0.239 e. The average Bonchev–Trinajstić information content (AvgIpc) is 2.93. The van der Waals surface area contributed by atoms with E-state index in [1.807, 2.05) is 0 Å². The summed E-state index contributed by atoms with van der Waals surface area (Å²) in [6.07, 6.45) is 7.15. The van der Waals surface area contributed by atoms with Crippen LogP contribution in [0.15, 0.2) is 0 Å². The molecule has 4 nitrogen and oxygen atoms in total. The minimum absolute atomic E-state index is 0.0215. The van der Waals surface area contributed by atoms with Crippen molar-refractivity contribution < 1.29 is 9.59 Å². The maximum Gasteiger partial charge on any atom is 0.239 e. The zero-order valence-electron chi connectivity index (χ0n) is 9.79. The molecule has 2 aliphatic rings. The molecule has 0 saturated heterocycles. The van der Waals surface area contributed by atoms with Gasteiger partial charge < -0.3 is 11.1 Å². The number of hydrogen-bond acceptors (Lipinski definition) is 2. The predicted octanol–water partition coefficient (Wildman–Crippen LogP) is 0.947. The number of hydrogen-bond donors (Lipinski definition) is 2. The Kier molecular flexibility index (Phi) is 2.91. The Hall–Kier alpha value is -1.06. The van der Waals surface area contributed by atoms with Crippen molar-refractivity contribution in [2.24, 2.45) is 17.1 Å². The topological polar surface area (TPSA) is 72.2 Å². The highest BCUT2D eigenvalue weighted by Crippen LogP contribution is 2.61. The third kappa shape index (κ3) is 2.06. The fourth-order valence-electron chi connectivity index (χ4n) is 2.91. The Labute approximate surface area is 96.0 Å². The van der Waals surface area contributed by atoms with Gasteiger partial charge in [-0.05, 0) is 31.6 Å². The molecule has 2 aliphatic carbocycles. The van der Waals surface area contributed by atoms with Crippen LogP contribution in [0.2, 0.25) is 0 Å². The Bertz CT molecular complexity index is 308. The number of rotatable bonds is 3. The quantitative estimate of drug-likeness (QED) is 0.749. The summed E-state index contributed by atoms with van der Waals surface area (Å²) in [5, 5.41) is 2.70. The number of nitrogens with two attached hydrogens (primary N) is 1. The fraction of sp³-hybridized carbons (Fsp3) is 0.833. The second kappa shape index (κ2) is 4.07. The third-order valence-electron chi connectivity index (χ3n) is 4.14. The first-order valence-corrected chi connectivity index (χ1v) is 6.15. The summed E-state index contributed by atoms with van der Waals surface area (Å²) in [7, 11) is 0. The number of carbonyl (C=O) groups excluding carboxylic acids is 2. The molecule has 2 saturated carbocycles. The van der Waals surface area contributed by atoms with Crippen molar-refractivity contribution in [3.05, 3.63) is 0 Å². The molecule has 1 spiro atoms. The Morgan fingerprint density at radius 2 is 1.94 bits per heavy atom. The van der Waals surface area contributed by atoms with Crippen molar-refractivity contribution in [1.29, 1.82) is 0 Å². The summed E-state index contributed by atoms with van der Waals surface area (Å²) in [6, 6.07) is -0.547. The largest absolute Gasteiger partial charge is 0.368 e. The maximum atomic E-state index is 11.9. The molecule has 2 amide bonds. The molecule has 4 heteroatoms. The number of nitrogens with one attached hydrogen (secondary N) is 1. The highest BCUT2D eigenvalue weighted by Gasteiger charge is 2.57. The van der Waals surface area contributed by atoms with E-state index >= 15 is 0 Å². The molecule has 0 aromatic rings. The van der Waals surface area contributed by atoms with Crippen LogP contribution in [-0.4, -0.2) is 17.9 Å². The Morgan fingerprint density at radius 1 is 1.31 bits per heavy atom. The van der Waals surface area contributed by atoms with Crippen molar-refractivity contribution in [3.8, 4) is 0 Å². The van der Waals surface area contributed by atoms with E-state index in [0.29, 0.717) is 0 Å². The molecule has 0 aromatic carbocycles. The Morgan fingerprint density at radius 3 is 2.50 bits per heavy atom. The first-order chi connectivity index (χ1) is 7.55. The lowest BCUT2D eigenvalue weighted by molar-refractivity contribution is -0.128. The SMILES string of the molecule is C[C@H](NC(=O)C1CC12CCCCC2)C(N)=O. The summed E-state index contributed by atoms with van der Waals surface area (Å²) in [4.78, 5) is 22.7. The van der Waals surface area contributed by atoms with Crippen LogP contribution >= 0.6 is 0 Å². The van der Waals surface area contributed by atoms with Gasteiger partial charge in [0.05, 0.1) is 0 Å². The van der Waals surface area contributed by atoms with Crippen LogP contribution in [0.4, 0.5) is 0 Å². The van der Waals surface area contributed by atoms with Gasteiger partial charge in [0.25, 0.3) is 0 Å². The van der Waals surface area contributed by atoms with Crippen molar-refractivity contribution in [2.45, 2.75) is 51.5 Å². The van der Waals surface area contributed by atoms with Crippen LogP contribution in [0.3, 0.4) is 0 Å². The van der Waals surface area contributed by atoms with E-state index in [-0.39, 0.29) is 17.2 Å². The minimum Gasteiger partial charge on any atom is -0.368 e. The van der Waals surface area contributed by atoms with Crippen LogP contribution < -0.4 is 11.1 Å². The molecule has 0 heterocycles. The summed E-state index contributed by atoms with van der Waals surface area (Å²) in [6.45, 7) is 1.64. The van der Waals surface area contributed by atoms with E-state index in [1.165, 1.54) is 32.1 Å². The lowest BCUT2D eigenvalue weighted by Gasteiger charge is -2.22. The van der Waals surface area contributed by atoms with Crippen LogP contribution in [0.25, 0.3) is 0 Å². The van der Waals surface area contributed by atoms with Crippen LogP contribution in [0.5, 0.6) is 0 Å². The molecule has 2 fully saturated rings. The average molecular weight is 224 g/mol. The highest BCUT2D eigenvalue weighted by atomic mass is 16.2. The first kappa shape index (κ1) is 11.4. The van der Waals surface area contributed by atoms with Gasteiger partial charge in [0.1, 0.15) is 6.04 Å². The lowest BCUT2D eigenvalue weighted by atomic mass is 9.84. The van der Waals surface area contributed by atoms with Crippen LogP contribution in [-0.2, 0) is 9.59 Å². The Balaban J connectivity index is 1.86. The van der Waals surface area contributed by atoms with E-state index in [9.17, 15) is 9.59 Å². The van der Waals surface area contributed by atoms with Gasteiger partial charge in [0, 0.05) is 5.92 Å². The monoisotopic (exact) mass is 224 g/mol. The molecule has 90 valence electrons. The van der Waals surface area contributed by atoms with E-state index in [4.69, 9.17) is 5.73 Å². The second-order valence-electron chi connectivity index (χ2n) is 5.31. The van der Waals surface area contributed by atoms with Gasteiger partial charge in [-0.15, -0.1) is 0 Å². The molecular weight excluding hydrogens is 204 g/mol. The summed E-state index contributed by atoms with van der Waals surface area (Å²) < 4.78 is 0. The highest BCUT2D eigenvalue weighted by molar-refractivity contribution is 5.89. The van der Waals surface area contributed by atoms with E-state index in [2.05, 4.69) is 5.32 Å². The first-order valence-electron chi connectivity index (χ1n) is 6.15. The molecule has 0 aromatic heterocycles. The minimum atomic E-state index is -0.547. The van der Waals surface area contributed by atoms with Gasteiger partial charge in [-0.2, -0.15) is 0 Å². The molecule has 0 aliphatic heterocycles. The molecular formula is C12H20N2O2. The maximum absolute atomic E-state index is 11.9. The summed E-state index contributed by atoms with van der Waals surface area (Å²) in [5.74, 6) is -0.311. The molecule has 0 bridgehead atoms. The number of amides is 2. The third-order valence-corrected chi connectivity index (χ3v) is 4.14. The summed E-state index contributed by atoms with van der Waals surface area (Å²) in [5.41, 5.74) is 5.40. The summed E-state index contributed by atoms with van der Waals surface area (Å²) >= 11 is 0. The van der Waals surface area contributed by atoms with Gasteiger partial charge in [-0.3, -0.25) is 9.59 Å². The molecule has 0 radical (unpaired) electrons. The molecule has 1 unspecified atom stereocenters. The van der Waals surface area contributed by atoms with Crippen LogP contribution in [0.1, 0.15) is 45.4 Å². The molecule has 2 atom stereocenters. The number of carbonyl (C=O) groups is 2. The van der Waals surface area contributed by atoms with Crippen molar-refractivity contribution in [2.75, 3.05) is 0 Å². The fourth-order valence-corrected chi connectivity index (χ4v) is 2.91. The van der Waals surface area contributed by atoms with E-state index < -0.39 is 11.9 Å². The lowest BCUT2D eigenvalue weighted by Crippen LogP contribution is -2.43. The van der Waals surface area contributed by atoms with Gasteiger partial charge >= 0.3 is 0 Å². The van der Waals surface area contributed by atoms with Crippen molar-refractivity contribution in [3.63, 3.8) is 0 Å². The number of primary amides is 1. The van der Waals surface area contributed by atoms with Gasteiger partial charge in [-0.25, -0.2) is 0 Å². The standard InChI is InChI=1S/C12H20N2O2/c1-8(10(13)15)14-11(16)9-7-12(9)5-3-2-4-6-12/h8-9H,2-7H2,1H3,(H2,13,15)(H,14,16)/t8-,9?/m0/s1. The van der Waals surface area contributed by atoms with Gasteiger partial charge in [0.15, 0.2) is 0 Å². The zero-order chi connectivity index (χ0) is 11.8. The molecule has 2 rings (SSSR count). The van der Waals surface area contributed by atoms with Crippen LogP contribution in [0, 0.1) is 11.3 Å². The molecule has 16 heavy (non-hydrogen) atoms. The second-order valence-corrected chi connectivity index (χ2v) is 5.31.